The number of allylic oxidation sites excluding steroid dienone is 1. The van der Waals surface area contributed by atoms with Gasteiger partial charge in [0.2, 0.25) is 0 Å². The summed E-state index contributed by atoms with van der Waals surface area (Å²) in [4.78, 5) is 16.2. The van der Waals surface area contributed by atoms with Crippen LogP contribution in [0.3, 0.4) is 0 Å². The normalized spacial score (nSPS) is 51.6. The topological polar surface area (TPSA) is 38.8 Å². The number of piperidine rings is 1. The van der Waals surface area contributed by atoms with Crippen LogP contribution >= 0.6 is 0 Å². The van der Waals surface area contributed by atoms with Gasteiger partial charge in [-0.3, -0.25) is 4.79 Å². The Labute approximate surface area is 163 Å². The van der Waals surface area contributed by atoms with Crippen LogP contribution in [-0.4, -0.2) is 56.7 Å². The highest BCUT2D eigenvalue weighted by Crippen LogP contribution is 2.71. The molecule has 7 atom stereocenters. The number of carbonyl (C=O) groups is 1. The lowest BCUT2D eigenvalue weighted by atomic mass is 9.47. The molecule has 0 aromatic carbocycles. The number of ether oxygens (including phenoxy) is 2. The molecule has 27 heavy (non-hydrogen) atoms. The van der Waals surface area contributed by atoms with Crippen molar-refractivity contribution < 1.29 is 14.3 Å². The van der Waals surface area contributed by atoms with Gasteiger partial charge in [-0.15, -0.1) is 0 Å². The van der Waals surface area contributed by atoms with Crippen molar-refractivity contribution in [2.75, 3.05) is 33.9 Å². The predicted molar refractivity (Wildman–Crippen MR) is 104 cm³/mol. The molecule has 1 heterocycles. The van der Waals surface area contributed by atoms with E-state index < -0.39 is 0 Å². The van der Waals surface area contributed by atoms with Crippen molar-refractivity contribution >= 4 is 5.78 Å². The van der Waals surface area contributed by atoms with Crippen molar-refractivity contribution in [2.24, 2.45) is 28.1 Å². The zero-order valence-corrected chi connectivity index (χ0v) is 17.4. The monoisotopic (exact) mass is 373 g/mol. The number of hydrogen-bond donors (Lipinski definition) is 0. The number of nitrogens with zero attached hydrogens (tertiary/aromatic N) is 1. The zero-order valence-electron chi connectivity index (χ0n) is 17.4. The van der Waals surface area contributed by atoms with Crippen LogP contribution in [0.25, 0.3) is 0 Å². The lowest BCUT2D eigenvalue weighted by molar-refractivity contribution is -0.148. The molecular weight excluding hydrogens is 338 g/mol. The fourth-order valence-electron chi connectivity index (χ4n) is 8.38. The molecule has 0 aromatic rings. The first-order valence-corrected chi connectivity index (χ1v) is 11.0. The maximum absolute atomic E-state index is 13.5. The third kappa shape index (κ3) is 2.08. The summed E-state index contributed by atoms with van der Waals surface area (Å²) in [5.41, 5.74) is 1.71. The van der Waals surface area contributed by atoms with Crippen LogP contribution in [0.5, 0.6) is 0 Å². The van der Waals surface area contributed by atoms with E-state index in [4.69, 9.17) is 9.47 Å². The number of Topliss-reactive ketones (excluding diaryl/α,β-unsaturated/α-hetero) is 1. The maximum atomic E-state index is 13.5. The van der Waals surface area contributed by atoms with E-state index in [1.165, 1.54) is 6.42 Å². The molecule has 5 aliphatic rings. The third-order valence-corrected chi connectivity index (χ3v) is 9.34. The summed E-state index contributed by atoms with van der Waals surface area (Å²) in [6.45, 7) is 8.07. The van der Waals surface area contributed by atoms with Crippen LogP contribution in [0, 0.1) is 28.1 Å². The Hall–Kier alpha value is -0.710. The van der Waals surface area contributed by atoms with Gasteiger partial charge in [0, 0.05) is 49.5 Å². The minimum atomic E-state index is -0.185. The maximum Gasteiger partial charge on any atom is 0.145 e. The first-order chi connectivity index (χ1) is 12.9. The Morgan fingerprint density at radius 1 is 1.22 bits per heavy atom. The first kappa shape index (κ1) is 18.3. The quantitative estimate of drug-likeness (QED) is 0.710. The lowest BCUT2D eigenvalue weighted by Crippen LogP contribution is -2.65. The van der Waals surface area contributed by atoms with Gasteiger partial charge >= 0.3 is 0 Å². The molecule has 0 N–H and O–H groups in total. The van der Waals surface area contributed by atoms with Crippen LogP contribution in [-0.2, 0) is 14.3 Å². The Balaban J connectivity index is 1.68. The summed E-state index contributed by atoms with van der Waals surface area (Å²) in [5.74, 6) is 1.04. The molecule has 4 fully saturated rings. The van der Waals surface area contributed by atoms with E-state index >= 15 is 0 Å². The van der Waals surface area contributed by atoms with E-state index in [1.807, 2.05) is 7.11 Å². The number of fused-ring (bicyclic) bond motifs is 1. The van der Waals surface area contributed by atoms with E-state index in [9.17, 15) is 4.79 Å². The summed E-state index contributed by atoms with van der Waals surface area (Å²) in [6.07, 6.45) is 9.23. The molecule has 0 amide bonds. The first-order valence-electron chi connectivity index (χ1n) is 11.0. The molecule has 1 aliphatic heterocycles. The van der Waals surface area contributed by atoms with Crippen molar-refractivity contribution in [1.82, 2.24) is 4.90 Å². The predicted octanol–water partition coefficient (Wildman–Crippen LogP) is 3.45. The van der Waals surface area contributed by atoms with Crippen LogP contribution in [0.1, 0.15) is 52.4 Å². The number of rotatable bonds is 3. The molecule has 2 unspecified atom stereocenters. The van der Waals surface area contributed by atoms with Crippen LogP contribution in [0.4, 0.5) is 0 Å². The molecule has 4 aliphatic carbocycles. The van der Waals surface area contributed by atoms with Crippen LogP contribution < -0.4 is 0 Å². The number of likely N-dealkylation sites (tertiary alicyclic amines) is 1. The molecule has 4 nitrogen and oxygen atoms in total. The number of carbonyl (C=O) groups excluding carboxylic acids is 1. The fraction of sp³-hybridized carbons (Fsp3) is 0.870. The average molecular weight is 374 g/mol. The Kier molecular flexibility index (Phi) is 4.00. The molecule has 1 spiro atoms. The Morgan fingerprint density at radius 3 is 2.74 bits per heavy atom. The SMILES string of the molecule is CCN1CC23C(=CCC[C@]45C[C@@H](OC)[C@H](CC24)C5=O)[C@](C)(CC[C@H]3OC)C1. The molecule has 4 heteroatoms. The second-order valence-corrected chi connectivity index (χ2v) is 10.2. The molecule has 150 valence electrons. The van der Waals surface area contributed by atoms with Gasteiger partial charge in [0.15, 0.2) is 0 Å². The highest BCUT2D eigenvalue weighted by Gasteiger charge is 2.72. The second-order valence-electron chi connectivity index (χ2n) is 10.2. The van der Waals surface area contributed by atoms with Gasteiger partial charge < -0.3 is 14.4 Å². The minimum Gasteiger partial charge on any atom is -0.381 e. The van der Waals surface area contributed by atoms with E-state index in [-0.39, 0.29) is 34.4 Å². The van der Waals surface area contributed by atoms with Gasteiger partial charge in [0.25, 0.3) is 0 Å². The summed E-state index contributed by atoms with van der Waals surface area (Å²) in [5, 5.41) is 0. The number of methoxy groups -OCH3 is 2. The van der Waals surface area contributed by atoms with Crippen molar-refractivity contribution in [3.63, 3.8) is 0 Å². The molecule has 3 saturated carbocycles. The smallest absolute Gasteiger partial charge is 0.145 e. The Morgan fingerprint density at radius 2 is 2.04 bits per heavy atom. The summed E-state index contributed by atoms with van der Waals surface area (Å²) in [6, 6.07) is 0. The molecule has 4 bridgehead atoms. The van der Waals surface area contributed by atoms with Gasteiger partial charge in [-0.05, 0) is 51.0 Å². The van der Waals surface area contributed by atoms with Crippen LogP contribution in [0.2, 0.25) is 0 Å². The summed E-state index contributed by atoms with van der Waals surface area (Å²) >= 11 is 0. The zero-order chi connectivity index (χ0) is 19.0. The van der Waals surface area contributed by atoms with E-state index in [0.717, 1.165) is 51.7 Å². The molecule has 0 radical (unpaired) electrons. The summed E-state index contributed by atoms with van der Waals surface area (Å²) in [7, 11) is 3.69. The van der Waals surface area contributed by atoms with Crippen molar-refractivity contribution in [3.8, 4) is 0 Å². The number of hydrogen-bond acceptors (Lipinski definition) is 4. The van der Waals surface area contributed by atoms with Crippen molar-refractivity contribution in [2.45, 2.75) is 64.6 Å². The highest BCUT2D eigenvalue weighted by atomic mass is 16.5. The largest absolute Gasteiger partial charge is 0.381 e. The molecular formula is C23H35NO3. The Bertz CT molecular complexity index is 689. The lowest BCUT2D eigenvalue weighted by Gasteiger charge is -2.63. The third-order valence-electron chi connectivity index (χ3n) is 9.34. The minimum absolute atomic E-state index is 0.00955. The number of ketones is 1. The highest BCUT2D eigenvalue weighted by molar-refractivity contribution is 5.93. The average Bonchev–Trinajstić information content (AvgIpc) is 3.01. The van der Waals surface area contributed by atoms with E-state index in [1.54, 1.807) is 12.7 Å². The van der Waals surface area contributed by atoms with Gasteiger partial charge in [-0.2, -0.15) is 0 Å². The molecule has 5 rings (SSSR count). The van der Waals surface area contributed by atoms with E-state index in [0.29, 0.717) is 11.7 Å². The molecule has 1 saturated heterocycles. The van der Waals surface area contributed by atoms with Gasteiger partial charge in [-0.1, -0.05) is 25.5 Å². The van der Waals surface area contributed by atoms with E-state index in [2.05, 4.69) is 24.8 Å². The van der Waals surface area contributed by atoms with Crippen molar-refractivity contribution in [3.05, 3.63) is 11.6 Å². The standard InChI is InChI=1S/C23H35NO3/c1-5-24-13-21(2)10-8-19(27-4)23(14-24)17(21)7-6-9-22-12-16(26-3)15(20(22)25)11-18(22)23/h7,15-16,18-19H,5-6,8-14H2,1-4H3/t15-,16+,18?,19+,21+,22-,23?/m0/s1. The van der Waals surface area contributed by atoms with Crippen LogP contribution in [0.15, 0.2) is 11.6 Å². The molecule has 0 aromatic heterocycles. The van der Waals surface area contributed by atoms with Crippen molar-refractivity contribution in [1.29, 1.82) is 0 Å². The second kappa shape index (κ2) is 5.90. The summed E-state index contributed by atoms with van der Waals surface area (Å²) < 4.78 is 12.0. The van der Waals surface area contributed by atoms with Gasteiger partial charge in [-0.25, -0.2) is 0 Å². The van der Waals surface area contributed by atoms with Gasteiger partial charge in [0.05, 0.1) is 12.2 Å². The van der Waals surface area contributed by atoms with Gasteiger partial charge in [0.1, 0.15) is 5.78 Å². The fourth-order valence-corrected chi connectivity index (χ4v) is 8.38.